The van der Waals surface area contributed by atoms with E-state index in [-0.39, 0.29) is 6.04 Å². The fraction of sp³-hybridized carbons (Fsp3) is 0.308. The molecule has 1 unspecified atom stereocenters. The number of hydrogen-bond donors (Lipinski definition) is 1. The molecule has 0 saturated heterocycles. The molecule has 0 bridgehead atoms. The lowest BCUT2D eigenvalue weighted by atomic mass is 10.0. The predicted octanol–water partition coefficient (Wildman–Crippen LogP) is 3.52. The van der Waals surface area contributed by atoms with Crippen LogP contribution in [0.15, 0.2) is 24.4 Å². The maximum absolute atomic E-state index is 6.36. The zero-order valence-corrected chi connectivity index (χ0v) is 13.2. The number of benzene rings is 1. The van der Waals surface area contributed by atoms with Crippen molar-refractivity contribution in [1.82, 2.24) is 9.78 Å². The lowest BCUT2D eigenvalue weighted by Gasteiger charge is -2.17. The van der Waals surface area contributed by atoms with Gasteiger partial charge in [0.1, 0.15) is 0 Å². The van der Waals surface area contributed by atoms with Crippen molar-refractivity contribution in [3.63, 3.8) is 0 Å². The average molecular weight is 376 g/mol. The van der Waals surface area contributed by atoms with E-state index in [1.807, 2.05) is 23.7 Å². The lowest BCUT2D eigenvalue weighted by Crippen LogP contribution is -2.19. The highest BCUT2D eigenvalue weighted by molar-refractivity contribution is 14.1. The van der Waals surface area contributed by atoms with Gasteiger partial charge in [0.05, 0.1) is 23.0 Å². The van der Waals surface area contributed by atoms with Crippen molar-refractivity contribution >= 4 is 34.2 Å². The van der Waals surface area contributed by atoms with Crippen LogP contribution in [-0.2, 0) is 6.54 Å². The van der Waals surface area contributed by atoms with Crippen LogP contribution < -0.4 is 5.73 Å². The summed E-state index contributed by atoms with van der Waals surface area (Å²) in [7, 11) is 0. The van der Waals surface area contributed by atoms with Gasteiger partial charge in [0.25, 0.3) is 0 Å². The molecule has 1 aromatic heterocycles. The van der Waals surface area contributed by atoms with Crippen LogP contribution in [0, 0.1) is 10.5 Å². The van der Waals surface area contributed by atoms with Gasteiger partial charge in [-0.05, 0) is 47.6 Å². The Bertz CT molecular complexity index is 565. The van der Waals surface area contributed by atoms with Gasteiger partial charge in [0, 0.05) is 10.1 Å². The topological polar surface area (TPSA) is 43.8 Å². The zero-order valence-electron chi connectivity index (χ0n) is 10.3. The summed E-state index contributed by atoms with van der Waals surface area (Å²) in [6, 6.07) is 5.90. The minimum absolute atomic E-state index is 0.244. The van der Waals surface area contributed by atoms with Crippen molar-refractivity contribution < 1.29 is 0 Å². The third-order valence-electron chi connectivity index (χ3n) is 2.98. The number of rotatable bonds is 3. The maximum atomic E-state index is 6.36. The highest BCUT2D eigenvalue weighted by atomic mass is 127. The van der Waals surface area contributed by atoms with Gasteiger partial charge in [-0.1, -0.05) is 29.8 Å². The van der Waals surface area contributed by atoms with E-state index in [9.17, 15) is 0 Å². The summed E-state index contributed by atoms with van der Waals surface area (Å²) in [6.07, 6.45) is 1.66. The second-order valence-corrected chi connectivity index (χ2v) is 5.64. The molecule has 0 aliphatic heterocycles. The Labute approximate surface area is 125 Å². The van der Waals surface area contributed by atoms with Crippen LogP contribution in [0.2, 0.25) is 5.02 Å². The molecule has 3 nitrogen and oxygen atoms in total. The first-order valence-corrected chi connectivity index (χ1v) is 7.23. The molecule has 0 aliphatic carbocycles. The average Bonchev–Trinajstić information content (AvgIpc) is 2.73. The van der Waals surface area contributed by atoms with E-state index >= 15 is 0 Å². The summed E-state index contributed by atoms with van der Waals surface area (Å²) >= 11 is 8.52. The number of nitrogens with two attached hydrogens (primary N) is 1. The Balaban J connectivity index is 2.51. The SMILES string of the molecule is CCn1ncc(Cl)c1C(N)c1cccc(C)c1I. The fourth-order valence-electron chi connectivity index (χ4n) is 1.99. The van der Waals surface area contributed by atoms with E-state index in [1.54, 1.807) is 6.20 Å². The Kier molecular flexibility index (Phi) is 4.29. The largest absolute Gasteiger partial charge is 0.319 e. The Morgan fingerprint density at radius 3 is 2.89 bits per heavy atom. The van der Waals surface area contributed by atoms with Crippen molar-refractivity contribution in [2.75, 3.05) is 0 Å². The summed E-state index contributed by atoms with van der Waals surface area (Å²) in [6.45, 7) is 4.87. The van der Waals surface area contributed by atoms with Crippen molar-refractivity contribution in [3.8, 4) is 0 Å². The lowest BCUT2D eigenvalue weighted by molar-refractivity contribution is 0.600. The zero-order chi connectivity index (χ0) is 13.3. The number of hydrogen-bond acceptors (Lipinski definition) is 2. The van der Waals surface area contributed by atoms with Crippen molar-refractivity contribution in [2.45, 2.75) is 26.4 Å². The van der Waals surface area contributed by atoms with Crippen molar-refractivity contribution in [1.29, 1.82) is 0 Å². The quantitative estimate of drug-likeness (QED) is 0.834. The molecule has 1 heterocycles. The molecule has 0 spiro atoms. The monoisotopic (exact) mass is 375 g/mol. The molecule has 2 aromatic rings. The fourth-order valence-corrected chi connectivity index (χ4v) is 2.94. The van der Waals surface area contributed by atoms with Crippen LogP contribution in [-0.4, -0.2) is 9.78 Å². The minimum atomic E-state index is -0.244. The van der Waals surface area contributed by atoms with Gasteiger partial charge in [-0.3, -0.25) is 4.68 Å². The van der Waals surface area contributed by atoms with Crippen LogP contribution in [0.25, 0.3) is 0 Å². The number of aromatic nitrogens is 2. The third kappa shape index (κ3) is 2.41. The van der Waals surface area contributed by atoms with Crippen LogP contribution in [0.1, 0.15) is 29.8 Å². The molecule has 0 saturated carbocycles. The molecule has 0 fully saturated rings. The molecular weight excluding hydrogens is 361 g/mol. The van der Waals surface area contributed by atoms with Crippen LogP contribution >= 0.6 is 34.2 Å². The standard InChI is InChI=1S/C13H15ClIN3/c1-3-18-13(10(14)7-17-18)12(16)9-6-4-5-8(2)11(9)15/h4-7,12H,3,16H2,1-2H3. The van der Waals surface area contributed by atoms with Gasteiger partial charge in [0.15, 0.2) is 0 Å². The predicted molar refractivity (Wildman–Crippen MR) is 82.8 cm³/mol. The number of aryl methyl sites for hydroxylation is 2. The molecule has 96 valence electrons. The first-order chi connectivity index (χ1) is 8.56. The molecule has 2 rings (SSSR count). The highest BCUT2D eigenvalue weighted by Gasteiger charge is 2.20. The van der Waals surface area contributed by atoms with Crippen LogP contribution in [0.3, 0.4) is 0 Å². The third-order valence-corrected chi connectivity index (χ3v) is 4.75. The van der Waals surface area contributed by atoms with E-state index < -0.39 is 0 Å². The molecule has 0 amide bonds. The first-order valence-electron chi connectivity index (χ1n) is 5.78. The second-order valence-electron chi connectivity index (χ2n) is 4.15. The second kappa shape index (κ2) is 5.59. The van der Waals surface area contributed by atoms with Crippen molar-refractivity contribution in [3.05, 3.63) is 49.8 Å². The van der Waals surface area contributed by atoms with E-state index in [1.165, 1.54) is 9.13 Å². The van der Waals surface area contributed by atoms with Gasteiger partial charge in [-0.25, -0.2) is 0 Å². The summed E-state index contributed by atoms with van der Waals surface area (Å²) in [5, 5.41) is 4.86. The van der Waals surface area contributed by atoms with E-state index in [2.05, 4.69) is 40.7 Å². The van der Waals surface area contributed by atoms with E-state index in [0.29, 0.717) is 5.02 Å². The minimum Gasteiger partial charge on any atom is -0.319 e. The molecule has 18 heavy (non-hydrogen) atoms. The maximum Gasteiger partial charge on any atom is 0.0837 e. The van der Waals surface area contributed by atoms with Gasteiger partial charge in [0.2, 0.25) is 0 Å². The summed E-state index contributed by atoms with van der Waals surface area (Å²) in [5.74, 6) is 0. The Morgan fingerprint density at radius 2 is 2.22 bits per heavy atom. The van der Waals surface area contributed by atoms with Gasteiger partial charge in [-0.15, -0.1) is 0 Å². The van der Waals surface area contributed by atoms with E-state index in [0.717, 1.165) is 17.8 Å². The smallest absolute Gasteiger partial charge is 0.0837 e. The van der Waals surface area contributed by atoms with Crippen molar-refractivity contribution in [2.24, 2.45) is 5.73 Å². The van der Waals surface area contributed by atoms with Gasteiger partial charge >= 0.3 is 0 Å². The molecule has 1 atom stereocenters. The Hall–Kier alpha value is -0.590. The molecule has 2 N–H and O–H groups in total. The number of halogens is 2. The highest BCUT2D eigenvalue weighted by Crippen LogP contribution is 2.30. The summed E-state index contributed by atoms with van der Waals surface area (Å²) in [5.41, 5.74) is 9.55. The molecule has 5 heteroatoms. The van der Waals surface area contributed by atoms with E-state index in [4.69, 9.17) is 17.3 Å². The molecule has 1 aromatic carbocycles. The normalized spacial score (nSPS) is 12.7. The summed E-state index contributed by atoms with van der Waals surface area (Å²) in [4.78, 5) is 0. The molecule has 0 aliphatic rings. The van der Waals surface area contributed by atoms with Crippen LogP contribution in [0.4, 0.5) is 0 Å². The summed E-state index contributed by atoms with van der Waals surface area (Å²) < 4.78 is 3.04. The van der Waals surface area contributed by atoms with Gasteiger partial charge < -0.3 is 5.73 Å². The molecular formula is C13H15ClIN3. The van der Waals surface area contributed by atoms with Gasteiger partial charge in [-0.2, -0.15) is 5.10 Å². The molecule has 0 radical (unpaired) electrons. The first kappa shape index (κ1) is 13.8. The van der Waals surface area contributed by atoms with Crippen LogP contribution in [0.5, 0.6) is 0 Å². The Morgan fingerprint density at radius 1 is 1.50 bits per heavy atom. The number of nitrogens with zero attached hydrogens (tertiary/aromatic N) is 2.